The van der Waals surface area contributed by atoms with Crippen molar-refractivity contribution in [2.24, 2.45) is 0 Å². The van der Waals surface area contributed by atoms with Crippen LogP contribution in [0.25, 0.3) is 5.69 Å². The van der Waals surface area contributed by atoms with E-state index in [1.165, 1.54) is 17.9 Å². The van der Waals surface area contributed by atoms with E-state index in [9.17, 15) is 9.59 Å². The van der Waals surface area contributed by atoms with E-state index >= 15 is 0 Å². The molecule has 3 heterocycles. The molecular weight excluding hydrogens is 344 g/mol. The highest BCUT2D eigenvalue weighted by Crippen LogP contribution is 2.11. The summed E-state index contributed by atoms with van der Waals surface area (Å²) in [5.41, 5.74) is 1.94. The zero-order chi connectivity index (χ0) is 19.2. The molecule has 0 radical (unpaired) electrons. The zero-order valence-electron chi connectivity index (χ0n) is 15.2. The molecule has 3 aromatic heterocycles. The number of rotatable bonds is 6. The van der Waals surface area contributed by atoms with Gasteiger partial charge in [-0.1, -0.05) is 6.07 Å². The molecule has 138 valence electrons. The lowest BCUT2D eigenvalue weighted by Crippen LogP contribution is -2.34. The average Bonchev–Trinajstić information content (AvgIpc) is 2.69. The van der Waals surface area contributed by atoms with Crippen LogP contribution in [0, 0.1) is 6.92 Å². The van der Waals surface area contributed by atoms with Crippen LogP contribution in [0.1, 0.15) is 21.5 Å². The maximum absolute atomic E-state index is 12.9. The molecule has 0 aliphatic carbocycles. The minimum absolute atomic E-state index is 0.125. The predicted molar refractivity (Wildman–Crippen MR) is 101 cm³/mol. The van der Waals surface area contributed by atoms with Crippen molar-refractivity contribution in [1.29, 1.82) is 0 Å². The van der Waals surface area contributed by atoms with E-state index in [-0.39, 0.29) is 11.1 Å². The van der Waals surface area contributed by atoms with Crippen molar-refractivity contribution < 1.29 is 9.53 Å². The first-order chi connectivity index (χ1) is 13.1. The van der Waals surface area contributed by atoms with Crippen molar-refractivity contribution in [2.45, 2.75) is 13.3 Å². The first-order valence-electron chi connectivity index (χ1n) is 8.50. The van der Waals surface area contributed by atoms with Gasteiger partial charge in [0.1, 0.15) is 5.56 Å². The van der Waals surface area contributed by atoms with Gasteiger partial charge in [-0.25, -0.2) is 4.98 Å². The largest absolute Gasteiger partial charge is 0.481 e. The fourth-order valence-electron chi connectivity index (χ4n) is 2.70. The number of ether oxygens (including phenoxy) is 1. The maximum atomic E-state index is 12.9. The molecule has 0 bridgehead atoms. The Morgan fingerprint density at radius 3 is 2.74 bits per heavy atom. The van der Waals surface area contributed by atoms with Crippen LogP contribution >= 0.6 is 0 Å². The standard InChI is InChI=1S/C20H20N4O3/c1-14-8-11-24(16-5-6-17(27-2)23-13-16)20(26)18(14)19(25)22-10-7-15-4-3-9-21-12-15/h3-6,8-9,11-13H,7,10H2,1-2H3,(H,22,25). The number of pyridine rings is 3. The number of aryl methyl sites for hydroxylation is 1. The van der Waals surface area contributed by atoms with E-state index in [0.29, 0.717) is 30.1 Å². The van der Waals surface area contributed by atoms with Gasteiger partial charge in [0.05, 0.1) is 19.0 Å². The minimum Gasteiger partial charge on any atom is -0.481 e. The minimum atomic E-state index is -0.391. The fourth-order valence-corrected chi connectivity index (χ4v) is 2.70. The van der Waals surface area contributed by atoms with Gasteiger partial charge in [0.15, 0.2) is 0 Å². The molecule has 27 heavy (non-hydrogen) atoms. The van der Waals surface area contributed by atoms with Crippen LogP contribution in [-0.4, -0.2) is 34.1 Å². The molecule has 7 nitrogen and oxygen atoms in total. The number of hydrogen-bond acceptors (Lipinski definition) is 5. The van der Waals surface area contributed by atoms with E-state index in [0.717, 1.165) is 5.56 Å². The maximum Gasteiger partial charge on any atom is 0.268 e. The van der Waals surface area contributed by atoms with E-state index in [1.54, 1.807) is 43.7 Å². The number of nitrogens with zero attached hydrogens (tertiary/aromatic N) is 3. The van der Waals surface area contributed by atoms with Gasteiger partial charge in [-0.3, -0.25) is 19.1 Å². The first kappa shape index (κ1) is 18.3. The Hall–Kier alpha value is -3.48. The van der Waals surface area contributed by atoms with Crippen LogP contribution in [0.5, 0.6) is 5.88 Å². The van der Waals surface area contributed by atoms with Crippen molar-refractivity contribution >= 4 is 5.91 Å². The summed E-state index contributed by atoms with van der Waals surface area (Å²) < 4.78 is 6.43. The molecule has 0 atom stereocenters. The summed E-state index contributed by atoms with van der Waals surface area (Å²) in [5, 5.41) is 2.81. The number of nitrogens with one attached hydrogen (secondary N) is 1. The molecule has 0 aliphatic rings. The third kappa shape index (κ3) is 4.20. The molecule has 1 amide bonds. The monoisotopic (exact) mass is 364 g/mol. The lowest BCUT2D eigenvalue weighted by Gasteiger charge is -2.11. The van der Waals surface area contributed by atoms with Gasteiger partial charge in [-0.15, -0.1) is 0 Å². The van der Waals surface area contributed by atoms with E-state index in [2.05, 4.69) is 15.3 Å². The molecule has 0 saturated carbocycles. The number of hydrogen-bond donors (Lipinski definition) is 1. The molecule has 0 unspecified atom stereocenters. The molecule has 0 aromatic carbocycles. The Labute approximate surface area is 156 Å². The number of carbonyl (C=O) groups is 1. The third-order valence-corrected chi connectivity index (χ3v) is 4.16. The van der Waals surface area contributed by atoms with Gasteiger partial charge in [-0.2, -0.15) is 0 Å². The topological polar surface area (TPSA) is 86.1 Å². The SMILES string of the molecule is COc1ccc(-n2ccc(C)c(C(=O)NCCc3cccnc3)c2=O)cn1. The second-order valence-corrected chi connectivity index (χ2v) is 5.97. The highest BCUT2D eigenvalue weighted by molar-refractivity contribution is 5.95. The third-order valence-electron chi connectivity index (χ3n) is 4.16. The van der Waals surface area contributed by atoms with Crippen LogP contribution in [-0.2, 0) is 6.42 Å². The van der Waals surface area contributed by atoms with Crippen molar-refractivity contribution in [3.05, 3.63) is 82.2 Å². The second kappa shape index (κ2) is 8.27. The van der Waals surface area contributed by atoms with Crippen LogP contribution in [0.4, 0.5) is 0 Å². The smallest absolute Gasteiger partial charge is 0.268 e. The number of methoxy groups -OCH3 is 1. The Balaban J connectivity index is 1.80. The summed E-state index contributed by atoms with van der Waals surface area (Å²) in [6, 6.07) is 8.90. The highest BCUT2D eigenvalue weighted by atomic mass is 16.5. The van der Waals surface area contributed by atoms with Crippen LogP contribution in [0.3, 0.4) is 0 Å². The molecule has 1 N–H and O–H groups in total. The molecular formula is C20H20N4O3. The quantitative estimate of drug-likeness (QED) is 0.722. The summed E-state index contributed by atoms with van der Waals surface area (Å²) in [6.07, 6.45) is 7.25. The summed E-state index contributed by atoms with van der Waals surface area (Å²) >= 11 is 0. The van der Waals surface area contributed by atoms with E-state index < -0.39 is 5.91 Å². The Kier molecular flexibility index (Phi) is 5.61. The molecule has 0 fully saturated rings. The molecule has 0 spiro atoms. The van der Waals surface area contributed by atoms with Gasteiger partial charge in [0.2, 0.25) is 5.88 Å². The van der Waals surface area contributed by atoms with E-state index in [4.69, 9.17) is 4.74 Å². The van der Waals surface area contributed by atoms with Gasteiger partial charge < -0.3 is 10.1 Å². The number of amides is 1. The summed E-state index contributed by atoms with van der Waals surface area (Å²) in [5.74, 6) is 0.0597. The van der Waals surface area contributed by atoms with Crippen molar-refractivity contribution in [3.63, 3.8) is 0 Å². The zero-order valence-corrected chi connectivity index (χ0v) is 15.2. The fraction of sp³-hybridized carbons (Fsp3) is 0.200. The lowest BCUT2D eigenvalue weighted by molar-refractivity contribution is 0.0951. The Bertz CT molecular complexity index is 982. The number of carbonyl (C=O) groups excluding carboxylic acids is 1. The predicted octanol–water partition coefficient (Wildman–Crippen LogP) is 1.92. The van der Waals surface area contributed by atoms with Crippen LogP contribution in [0.15, 0.2) is 59.9 Å². The summed E-state index contributed by atoms with van der Waals surface area (Å²) in [4.78, 5) is 33.6. The molecule has 7 heteroatoms. The van der Waals surface area contributed by atoms with Crippen molar-refractivity contribution in [1.82, 2.24) is 19.9 Å². The van der Waals surface area contributed by atoms with Gasteiger partial charge >= 0.3 is 0 Å². The molecule has 0 aliphatic heterocycles. The highest BCUT2D eigenvalue weighted by Gasteiger charge is 2.16. The van der Waals surface area contributed by atoms with Gasteiger partial charge in [-0.05, 0) is 42.7 Å². The Morgan fingerprint density at radius 2 is 2.07 bits per heavy atom. The van der Waals surface area contributed by atoms with E-state index in [1.807, 2.05) is 12.1 Å². The second-order valence-electron chi connectivity index (χ2n) is 5.97. The number of aromatic nitrogens is 3. The Morgan fingerprint density at radius 1 is 1.22 bits per heavy atom. The molecule has 0 saturated heterocycles. The average molecular weight is 364 g/mol. The van der Waals surface area contributed by atoms with Crippen molar-refractivity contribution in [2.75, 3.05) is 13.7 Å². The molecule has 3 rings (SSSR count). The first-order valence-corrected chi connectivity index (χ1v) is 8.50. The van der Waals surface area contributed by atoms with Crippen LogP contribution < -0.4 is 15.6 Å². The van der Waals surface area contributed by atoms with Gasteiger partial charge in [0, 0.05) is 31.2 Å². The summed E-state index contributed by atoms with van der Waals surface area (Å²) in [7, 11) is 1.52. The van der Waals surface area contributed by atoms with Gasteiger partial charge in [0.25, 0.3) is 11.5 Å². The van der Waals surface area contributed by atoms with Crippen LogP contribution in [0.2, 0.25) is 0 Å². The normalized spacial score (nSPS) is 10.4. The van der Waals surface area contributed by atoms with Crippen molar-refractivity contribution in [3.8, 4) is 11.6 Å². The summed E-state index contributed by atoms with van der Waals surface area (Å²) in [6.45, 7) is 2.16. The molecule has 3 aromatic rings. The lowest BCUT2D eigenvalue weighted by atomic mass is 10.1.